The maximum Gasteiger partial charge on any atom is 0.0485 e. The first-order valence-electron chi connectivity index (χ1n) is 6.55. The van der Waals surface area contributed by atoms with Crippen LogP contribution >= 0.6 is 27.5 Å². The zero-order valence-corrected chi connectivity index (χ0v) is 14.7. The van der Waals surface area contributed by atoms with E-state index in [1.807, 2.05) is 12.1 Å². The van der Waals surface area contributed by atoms with Gasteiger partial charge in [-0.15, -0.1) is 0 Å². The van der Waals surface area contributed by atoms with Crippen LogP contribution in [0.2, 0.25) is 5.02 Å². The van der Waals surface area contributed by atoms with E-state index in [0.29, 0.717) is 12.6 Å². The third-order valence-electron chi connectivity index (χ3n) is 3.90. The number of benzene rings is 1. The minimum absolute atomic E-state index is 0.124. The molecule has 19 heavy (non-hydrogen) atoms. The lowest BCUT2D eigenvalue weighted by molar-refractivity contribution is 0.100. The highest BCUT2D eigenvalue weighted by molar-refractivity contribution is 9.10. The van der Waals surface area contributed by atoms with E-state index in [2.05, 4.69) is 61.6 Å². The van der Waals surface area contributed by atoms with Gasteiger partial charge in [-0.2, -0.15) is 0 Å². The molecule has 0 aliphatic rings. The molecule has 0 spiro atoms. The summed E-state index contributed by atoms with van der Waals surface area (Å²) in [5.74, 6) is 0. The van der Waals surface area contributed by atoms with Crippen LogP contribution in [-0.4, -0.2) is 24.5 Å². The highest BCUT2D eigenvalue weighted by Crippen LogP contribution is 2.33. The molecule has 108 valence electrons. The molecule has 0 saturated carbocycles. The monoisotopic (exact) mass is 346 g/mol. The van der Waals surface area contributed by atoms with Gasteiger partial charge in [-0.25, -0.2) is 0 Å². The maximum atomic E-state index is 6.33. The fourth-order valence-electron chi connectivity index (χ4n) is 2.16. The molecular weight excluding hydrogens is 324 g/mol. The second-order valence-electron chi connectivity index (χ2n) is 6.12. The van der Waals surface area contributed by atoms with E-state index in [9.17, 15) is 0 Å². The molecule has 0 fully saturated rings. The zero-order valence-electron chi connectivity index (χ0n) is 12.4. The van der Waals surface area contributed by atoms with Crippen molar-refractivity contribution in [2.24, 2.45) is 11.1 Å². The van der Waals surface area contributed by atoms with E-state index < -0.39 is 0 Å². The molecule has 2 atom stereocenters. The Morgan fingerprint density at radius 2 is 1.95 bits per heavy atom. The van der Waals surface area contributed by atoms with Crippen molar-refractivity contribution in [2.75, 3.05) is 13.6 Å². The number of nitrogens with zero attached hydrogens (tertiary/aromatic N) is 1. The lowest BCUT2D eigenvalue weighted by atomic mass is 9.86. The third kappa shape index (κ3) is 4.19. The second kappa shape index (κ2) is 6.57. The Morgan fingerprint density at radius 3 is 2.42 bits per heavy atom. The molecule has 2 N–H and O–H groups in total. The van der Waals surface area contributed by atoms with E-state index in [-0.39, 0.29) is 11.5 Å². The second-order valence-corrected chi connectivity index (χ2v) is 7.45. The minimum atomic E-state index is 0.124. The summed E-state index contributed by atoms with van der Waals surface area (Å²) >= 11 is 9.83. The van der Waals surface area contributed by atoms with Gasteiger partial charge in [0.15, 0.2) is 0 Å². The molecule has 0 aliphatic heterocycles. The van der Waals surface area contributed by atoms with Crippen LogP contribution in [0.1, 0.15) is 39.3 Å². The van der Waals surface area contributed by atoms with Gasteiger partial charge < -0.3 is 5.73 Å². The van der Waals surface area contributed by atoms with Gasteiger partial charge in [-0.3, -0.25) is 4.90 Å². The molecule has 0 radical (unpaired) electrons. The molecule has 0 heterocycles. The van der Waals surface area contributed by atoms with E-state index >= 15 is 0 Å². The van der Waals surface area contributed by atoms with Crippen molar-refractivity contribution in [2.45, 2.75) is 39.8 Å². The smallest absolute Gasteiger partial charge is 0.0485 e. The van der Waals surface area contributed by atoms with Crippen LogP contribution in [0.3, 0.4) is 0 Å². The number of nitrogens with two attached hydrogens (primary N) is 1. The Bertz CT molecular complexity index is 429. The van der Waals surface area contributed by atoms with Crippen molar-refractivity contribution < 1.29 is 0 Å². The molecule has 0 saturated heterocycles. The first kappa shape index (κ1) is 17.0. The van der Waals surface area contributed by atoms with Crippen molar-refractivity contribution in [3.8, 4) is 0 Å². The van der Waals surface area contributed by atoms with E-state index in [1.54, 1.807) is 0 Å². The van der Waals surface area contributed by atoms with Crippen molar-refractivity contribution in [1.29, 1.82) is 0 Å². The topological polar surface area (TPSA) is 29.3 Å². The lowest BCUT2D eigenvalue weighted by Gasteiger charge is -2.40. The van der Waals surface area contributed by atoms with Gasteiger partial charge >= 0.3 is 0 Å². The van der Waals surface area contributed by atoms with Crippen molar-refractivity contribution in [3.05, 3.63) is 33.3 Å². The average Bonchev–Trinajstić information content (AvgIpc) is 2.32. The van der Waals surface area contributed by atoms with Crippen molar-refractivity contribution in [3.63, 3.8) is 0 Å². The summed E-state index contributed by atoms with van der Waals surface area (Å²) < 4.78 is 1.03. The average molecular weight is 348 g/mol. The summed E-state index contributed by atoms with van der Waals surface area (Å²) in [7, 11) is 2.12. The third-order valence-corrected chi connectivity index (χ3v) is 4.73. The standard InChI is InChI=1S/C15H24BrClN2/c1-10(15(2,3)4)19(5)14(9-18)12-8-11(16)6-7-13(12)17/h6-8,10,14H,9,18H2,1-5H3. The quantitative estimate of drug-likeness (QED) is 0.870. The highest BCUT2D eigenvalue weighted by Gasteiger charge is 2.29. The van der Waals surface area contributed by atoms with Gasteiger partial charge in [0, 0.05) is 28.1 Å². The van der Waals surface area contributed by atoms with E-state index in [1.165, 1.54) is 0 Å². The lowest BCUT2D eigenvalue weighted by Crippen LogP contribution is -2.43. The van der Waals surface area contributed by atoms with Gasteiger partial charge in [0.1, 0.15) is 0 Å². The largest absolute Gasteiger partial charge is 0.329 e. The number of likely N-dealkylation sites (N-methyl/N-ethyl adjacent to an activating group) is 1. The van der Waals surface area contributed by atoms with E-state index in [0.717, 1.165) is 15.1 Å². The molecule has 4 heteroatoms. The summed E-state index contributed by atoms with van der Waals surface area (Å²) in [5, 5.41) is 0.770. The summed E-state index contributed by atoms with van der Waals surface area (Å²) in [4.78, 5) is 2.31. The molecular formula is C15H24BrClN2. The Kier molecular flexibility index (Phi) is 5.87. The zero-order chi connectivity index (χ0) is 14.8. The van der Waals surface area contributed by atoms with Crippen LogP contribution in [-0.2, 0) is 0 Å². The first-order chi connectivity index (χ1) is 8.68. The predicted octanol–water partition coefficient (Wildman–Crippen LogP) is 4.47. The minimum Gasteiger partial charge on any atom is -0.329 e. The van der Waals surface area contributed by atoms with Crippen molar-refractivity contribution in [1.82, 2.24) is 4.90 Å². The summed E-state index contributed by atoms with van der Waals surface area (Å²) in [5.41, 5.74) is 7.27. The number of halogens is 2. The van der Waals surface area contributed by atoms with Gasteiger partial charge in [0.05, 0.1) is 0 Å². The summed E-state index contributed by atoms with van der Waals surface area (Å²) in [6.07, 6.45) is 0. The molecule has 0 aliphatic carbocycles. The fourth-order valence-corrected chi connectivity index (χ4v) is 2.79. The molecule has 0 aromatic heterocycles. The van der Waals surface area contributed by atoms with Gasteiger partial charge in [0.25, 0.3) is 0 Å². The van der Waals surface area contributed by atoms with Crippen LogP contribution in [0.4, 0.5) is 0 Å². The molecule has 0 bridgehead atoms. The van der Waals surface area contributed by atoms with Crippen LogP contribution in [0, 0.1) is 5.41 Å². The number of hydrogen-bond acceptors (Lipinski definition) is 2. The molecule has 1 aromatic rings. The fraction of sp³-hybridized carbons (Fsp3) is 0.600. The normalized spacial score (nSPS) is 15.6. The van der Waals surface area contributed by atoms with Crippen LogP contribution in [0.25, 0.3) is 0 Å². The Labute approximate surface area is 130 Å². The molecule has 1 aromatic carbocycles. The van der Waals surface area contributed by atoms with Crippen LogP contribution < -0.4 is 5.73 Å². The van der Waals surface area contributed by atoms with Gasteiger partial charge in [-0.1, -0.05) is 48.3 Å². The Balaban J connectivity index is 3.10. The van der Waals surface area contributed by atoms with Gasteiger partial charge in [0.2, 0.25) is 0 Å². The summed E-state index contributed by atoms with van der Waals surface area (Å²) in [6.45, 7) is 9.50. The first-order valence-corrected chi connectivity index (χ1v) is 7.72. The maximum absolute atomic E-state index is 6.33. The van der Waals surface area contributed by atoms with E-state index in [4.69, 9.17) is 17.3 Å². The van der Waals surface area contributed by atoms with Crippen LogP contribution in [0.15, 0.2) is 22.7 Å². The Hall–Kier alpha value is -0.0900. The Morgan fingerprint density at radius 1 is 1.37 bits per heavy atom. The molecule has 0 amide bonds. The number of hydrogen-bond donors (Lipinski definition) is 1. The van der Waals surface area contributed by atoms with Crippen LogP contribution in [0.5, 0.6) is 0 Å². The number of rotatable bonds is 4. The van der Waals surface area contributed by atoms with Gasteiger partial charge in [-0.05, 0) is 43.1 Å². The molecule has 2 nitrogen and oxygen atoms in total. The molecule has 1 rings (SSSR count). The SMILES string of the molecule is CC(N(C)C(CN)c1cc(Br)ccc1Cl)C(C)(C)C. The predicted molar refractivity (Wildman–Crippen MR) is 87.6 cm³/mol. The highest BCUT2D eigenvalue weighted by atomic mass is 79.9. The van der Waals surface area contributed by atoms with Crippen molar-refractivity contribution >= 4 is 27.5 Å². The summed E-state index contributed by atoms with van der Waals surface area (Å²) in [6, 6.07) is 6.45. The molecule has 2 unspecified atom stereocenters.